The Hall–Kier alpha value is -1.91. The van der Waals surface area contributed by atoms with Crippen LogP contribution in [-0.2, 0) is 14.0 Å². The van der Waals surface area contributed by atoms with Crippen molar-refractivity contribution < 1.29 is 14.0 Å². The Morgan fingerprint density at radius 2 is 1.39 bits per heavy atom. The summed E-state index contributed by atoms with van der Waals surface area (Å²) in [6.07, 6.45) is 2.96. The van der Waals surface area contributed by atoms with Gasteiger partial charge in [0.15, 0.2) is 0 Å². The van der Waals surface area contributed by atoms with Gasteiger partial charge in [0.1, 0.15) is 5.60 Å². The van der Waals surface area contributed by atoms with E-state index in [4.69, 9.17) is 9.16 Å². The average molecular weight is 439 g/mol. The van der Waals surface area contributed by atoms with Crippen LogP contribution >= 0.6 is 0 Å². The van der Waals surface area contributed by atoms with E-state index < -0.39 is 13.9 Å². The van der Waals surface area contributed by atoms with Crippen LogP contribution in [0.5, 0.6) is 0 Å². The summed E-state index contributed by atoms with van der Waals surface area (Å²) in [6.45, 7) is 13.3. The van der Waals surface area contributed by atoms with E-state index in [1.165, 1.54) is 10.4 Å². The zero-order chi connectivity index (χ0) is 22.7. The Labute approximate surface area is 189 Å². The number of hydrogen-bond donors (Lipinski definition) is 0. The first-order valence-electron chi connectivity index (χ1n) is 11.5. The molecule has 3 rings (SSSR count). The second kappa shape index (κ2) is 9.29. The summed E-state index contributed by atoms with van der Waals surface area (Å²) in [5, 5.41) is 2.50. The number of esters is 1. The van der Waals surface area contributed by atoms with Crippen LogP contribution in [-0.4, -0.2) is 26.5 Å². The maximum atomic E-state index is 12.9. The molecular weight excluding hydrogens is 400 g/mol. The van der Waals surface area contributed by atoms with Gasteiger partial charge >= 0.3 is 5.97 Å². The van der Waals surface area contributed by atoms with Crippen molar-refractivity contribution in [1.82, 2.24) is 0 Å². The molecule has 168 valence electrons. The van der Waals surface area contributed by atoms with Gasteiger partial charge in [0.25, 0.3) is 8.32 Å². The Morgan fingerprint density at radius 3 is 1.84 bits per heavy atom. The highest BCUT2D eigenvalue weighted by molar-refractivity contribution is 6.99. The number of hydrogen-bond acceptors (Lipinski definition) is 3. The Bertz CT molecular complexity index is 810. The monoisotopic (exact) mass is 438 g/mol. The van der Waals surface area contributed by atoms with E-state index in [-0.39, 0.29) is 22.8 Å². The van der Waals surface area contributed by atoms with Crippen LogP contribution in [0.2, 0.25) is 5.04 Å². The van der Waals surface area contributed by atoms with Crippen molar-refractivity contribution in [2.24, 2.45) is 11.8 Å². The molecule has 0 heterocycles. The summed E-state index contributed by atoms with van der Waals surface area (Å²) in [6, 6.07) is 21.4. The van der Waals surface area contributed by atoms with E-state index in [0.29, 0.717) is 6.61 Å². The average Bonchev–Trinajstić information content (AvgIpc) is 3.17. The number of benzene rings is 2. The largest absolute Gasteiger partial charge is 0.460 e. The lowest BCUT2D eigenvalue weighted by Gasteiger charge is -2.43. The Morgan fingerprint density at radius 1 is 0.871 bits per heavy atom. The minimum atomic E-state index is -2.58. The second-order valence-corrected chi connectivity index (χ2v) is 15.1. The van der Waals surface area contributed by atoms with Gasteiger partial charge in [0.05, 0.1) is 5.92 Å². The highest BCUT2D eigenvalue weighted by Gasteiger charge is 2.51. The molecule has 4 heteroatoms. The van der Waals surface area contributed by atoms with Crippen LogP contribution in [0.3, 0.4) is 0 Å². The van der Waals surface area contributed by atoms with Crippen molar-refractivity contribution in [3.05, 3.63) is 60.7 Å². The second-order valence-electron chi connectivity index (χ2n) is 10.8. The minimum Gasteiger partial charge on any atom is -0.460 e. The van der Waals surface area contributed by atoms with Gasteiger partial charge in [-0.1, -0.05) is 87.9 Å². The Balaban J connectivity index is 1.94. The molecule has 0 N–H and O–H groups in total. The predicted octanol–water partition coefficient (Wildman–Crippen LogP) is 5.32. The van der Waals surface area contributed by atoms with Crippen molar-refractivity contribution >= 4 is 24.7 Å². The van der Waals surface area contributed by atoms with Gasteiger partial charge < -0.3 is 9.16 Å². The normalized spacial score (nSPS) is 19.9. The molecule has 31 heavy (non-hydrogen) atoms. The van der Waals surface area contributed by atoms with E-state index in [1.807, 2.05) is 20.8 Å². The zero-order valence-corrected chi connectivity index (χ0v) is 21.0. The fourth-order valence-corrected chi connectivity index (χ4v) is 9.54. The van der Waals surface area contributed by atoms with E-state index in [0.717, 1.165) is 19.3 Å². The molecule has 0 bridgehead atoms. The lowest BCUT2D eigenvalue weighted by atomic mass is 9.97. The van der Waals surface area contributed by atoms with Gasteiger partial charge in [-0.2, -0.15) is 0 Å². The van der Waals surface area contributed by atoms with Crippen molar-refractivity contribution in [3.8, 4) is 0 Å². The van der Waals surface area contributed by atoms with Crippen molar-refractivity contribution in [3.63, 3.8) is 0 Å². The van der Waals surface area contributed by atoms with Crippen molar-refractivity contribution in [2.75, 3.05) is 6.61 Å². The van der Waals surface area contributed by atoms with Crippen LogP contribution < -0.4 is 10.4 Å². The molecule has 2 atom stereocenters. The van der Waals surface area contributed by atoms with Crippen molar-refractivity contribution in [1.29, 1.82) is 0 Å². The highest BCUT2D eigenvalue weighted by atomic mass is 28.4. The molecule has 1 saturated carbocycles. The molecule has 0 unspecified atom stereocenters. The van der Waals surface area contributed by atoms with Gasteiger partial charge in [-0.3, -0.25) is 4.79 Å². The third-order valence-electron chi connectivity index (χ3n) is 6.30. The first-order chi connectivity index (χ1) is 14.5. The maximum absolute atomic E-state index is 12.9. The predicted molar refractivity (Wildman–Crippen MR) is 130 cm³/mol. The van der Waals surface area contributed by atoms with Gasteiger partial charge in [0.2, 0.25) is 0 Å². The maximum Gasteiger partial charge on any atom is 0.309 e. The quantitative estimate of drug-likeness (QED) is 0.452. The fraction of sp³-hybridized carbons (Fsp3) is 0.519. The lowest BCUT2D eigenvalue weighted by molar-refractivity contribution is -0.161. The van der Waals surface area contributed by atoms with Crippen LogP contribution in [0.25, 0.3) is 0 Å². The lowest BCUT2D eigenvalue weighted by Crippen LogP contribution is -2.67. The summed E-state index contributed by atoms with van der Waals surface area (Å²) in [5.74, 6) is 0.0648. The van der Waals surface area contributed by atoms with E-state index in [2.05, 4.69) is 81.4 Å². The van der Waals surface area contributed by atoms with Gasteiger partial charge in [-0.25, -0.2) is 0 Å². The van der Waals surface area contributed by atoms with Crippen LogP contribution in [0.1, 0.15) is 60.8 Å². The molecule has 1 aliphatic carbocycles. The highest BCUT2D eigenvalue weighted by Crippen LogP contribution is 2.39. The van der Waals surface area contributed by atoms with Gasteiger partial charge in [-0.15, -0.1) is 0 Å². The number of ether oxygens (including phenoxy) is 1. The number of rotatable bonds is 6. The first kappa shape index (κ1) is 23.7. The summed E-state index contributed by atoms with van der Waals surface area (Å²) in [7, 11) is -2.58. The molecule has 0 aromatic heterocycles. The third kappa shape index (κ3) is 5.29. The third-order valence-corrected chi connectivity index (χ3v) is 11.3. The van der Waals surface area contributed by atoms with E-state index >= 15 is 0 Å². The van der Waals surface area contributed by atoms with Gasteiger partial charge in [-0.05, 0) is 54.9 Å². The Kier molecular flexibility index (Phi) is 7.12. The summed E-state index contributed by atoms with van der Waals surface area (Å²) in [5.41, 5.74) is -0.455. The molecule has 3 nitrogen and oxygen atoms in total. The summed E-state index contributed by atoms with van der Waals surface area (Å²) < 4.78 is 12.8. The first-order valence-corrected chi connectivity index (χ1v) is 13.4. The fourth-order valence-electron chi connectivity index (χ4n) is 4.92. The van der Waals surface area contributed by atoms with Crippen molar-refractivity contribution in [2.45, 2.75) is 71.4 Å². The number of carbonyl (C=O) groups excluding carboxylic acids is 1. The topological polar surface area (TPSA) is 35.5 Å². The SMILES string of the molecule is CC(C)(C)OC(=O)[C@H]1CCC[C@@H]1CO[Si](c1ccccc1)(c1ccccc1)C(C)(C)C. The molecule has 0 saturated heterocycles. The molecule has 0 amide bonds. The minimum absolute atomic E-state index is 0.0598. The molecule has 1 aliphatic rings. The smallest absolute Gasteiger partial charge is 0.309 e. The summed E-state index contributed by atoms with van der Waals surface area (Å²) >= 11 is 0. The molecule has 0 radical (unpaired) electrons. The molecule has 2 aromatic carbocycles. The van der Waals surface area contributed by atoms with E-state index in [1.54, 1.807) is 0 Å². The zero-order valence-electron chi connectivity index (χ0n) is 20.0. The molecule has 0 spiro atoms. The standard InChI is InChI=1S/C27H38O3Si/c1-26(2,3)30-25(28)24-19-13-14-21(24)20-29-31(27(4,5)6,22-15-9-7-10-16-22)23-17-11-8-12-18-23/h7-12,15-18,21,24H,13-14,19-20H2,1-6H3/t21-,24+/m1/s1. The van der Waals surface area contributed by atoms with Gasteiger partial charge in [0, 0.05) is 6.61 Å². The molecule has 0 aliphatic heterocycles. The molecule has 1 fully saturated rings. The molecule has 2 aromatic rings. The summed E-state index contributed by atoms with van der Waals surface area (Å²) in [4.78, 5) is 12.9. The van der Waals surface area contributed by atoms with Crippen LogP contribution in [0.4, 0.5) is 0 Å². The van der Waals surface area contributed by atoms with Crippen LogP contribution in [0.15, 0.2) is 60.7 Å². The van der Waals surface area contributed by atoms with E-state index in [9.17, 15) is 4.79 Å². The molecular formula is C27H38O3Si. The number of carbonyl (C=O) groups is 1. The van der Waals surface area contributed by atoms with Crippen LogP contribution in [0, 0.1) is 11.8 Å².